The highest BCUT2D eigenvalue weighted by atomic mass is 32.2. The SMILES string of the molecule is CCN(CC)C(=O)C1C[N+](=O)N2CCC(C3CCN(S(=O)(=O)c4ccc(NC(=O)NC)cc4)CC3)CC12. The van der Waals surface area contributed by atoms with E-state index >= 15 is 0 Å². The van der Waals surface area contributed by atoms with Gasteiger partial charge in [0.2, 0.25) is 22.5 Å². The molecule has 1 aromatic rings. The Labute approximate surface area is 219 Å². The average Bonchev–Trinajstić information content (AvgIpc) is 3.25. The van der Waals surface area contributed by atoms with Gasteiger partial charge in [0.05, 0.1) is 16.3 Å². The lowest BCUT2D eigenvalue weighted by Crippen LogP contribution is -2.49. The number of urea groups is 1. The maximum absolute atomic E-state index is 13.2. The number of anilines is 1. The maximum Gasteiger partial charge on any atom is 0.318 e. The van der Waals surface area contributed by atoms with Gasteiger partial charge in [-0.05, 0) is 75.6 Å². The number of nitroso groups, excluding NO2 is 1. The zero-order valence-electron chi connectivity index (χ0n) is 21.9. The highest BCUT2D eigenvalue weighted by molar-refractivity contribution is 7.89. The van der Waals surface area contributed by atoms with Crippen molar-refractivity contribution in [2.45, 2.75) is 50.5 Å². The third kappa shape index (κ3) is 5.59. The van der Waals surface area contributed by atoms with E-state index in [1.165, 1.54) is 19.2 Å². The molecule has 3 heterocycles. The second-order valence-electron chi connectivity index (χ2n) is 10.1. The molecular weight excluding hydrogens is 496 g/mol. The average molecular weight is 536 g/mol. The topological polar surface area (TPSA) is 122 Å². The first kappa shape index (κ1) is 27.3. The van der Waals surface area contributed by atoms with Crippen molar-refractivity contribution >= 4 is 27.6 Å². The van der Waals surface area contributed by atoms with Gasteiger partial charge in [-0.25, -0.2) is 13.2 Å². The van der Waals surface area contributed by atoms with Crippen molar-refractivity contribution in [3.05, 3.63) is 29.2 Å². The summed E-state index contributed by atoms with van der Waals surface area (Å²) < 4.78 is 28.0. The summed E-state index contributed by atoms with van der Waals surface area (Å²) in [5.41, 5.74) is 0.518. The van der Waals surface area contributed by atoms with Crippen LogP contribution >= 0.6 is 0 Å². The fourth-order valence-electron chi connectivity index (χ4n) is 6.14. The summed E-state index contributed by atoms with van der Waals surface area (Å²) in [6, 6.07) is 5.76. The molecule has 2 N–H and O–H groups in total. The summed E-state index contributed by atoms with van der Waals surface area (Å²) >= 11 is 0. The van der Waals surface area contributed by atoms with Crippen LogP contribution in [0.4, 0.5) is 10.5 Å². The molecule has 11 nitrogen and oxygen atoms in total. The van der Waals surface area contributed by atoms with E-state index in [-0.39, 0.29) is 35.3 Å². The summed E-state index contributed by atoms with van der Waals surface area (Å²) in [5.74, 6) is 0.510. The van der Waals surface area contributed by atoms with Crippen LogP contribution in [0.5, 0.6) is 0 Å². The molecule has 3 unspecified atom stereocenters. The molecule has 3 aliphatic rings. The van der Waals surface area contributed by atoms with Crippen LogP contribution in [0, 0.1) is 22.7 Å². The van der Waals surface area contributed by atoms with Gasteiger partial charge in [-0.2, -0.15) is 4.31 Å². The summed E-state index contributed by atoms with van der Waals surface area (Å²) in [5, 5.41) is 6.92. The van der Waals surface area contributed by atoms with Crippen molar-refractivity contribution in [3.8, 4) is 0 Å². The van der Waals surface area contributed by atoms with Crippen molar-refractivity contribution in [2.75, 3.05) is 51.6 Å². The van der Waals surface area contributed by atoms with Gasteiger partial charge < -0.3 is 15.5 Å². The van der Waals surface area contributed by atoms with Gasteiger partial charge in [0, 0.05) is 38.9 Å². The zero-order chi connectivity index (χ0) is 26.7. The van der Waals surface area contributed by atoms with E-state index in [9.17, 15) is 22.9 Å². The number of hydrazine groups is 1. The van der Waals surface area contributed by atoms with Crippen LogP contribution in [0.15, 0.2) is 29.2 Å². The van der Waals surface area contributed by atoms with Gasteiger partial charge in [-0.1, -0.05) is 0 Å². The second kappa shape index (κ2) is 11.3. The van der Waals surface area contributed by atoms with Gasteiger partial charge in [0.1, 0.15) is 16.8 Å². The van der Waals surface area contributed by atoms with Gasteiger partial charge >= 0.3 is 6.03 Å². The van der Waals surface area contributed by atoms with Gasteiger partial charge in [0.15, 0.2) is 0 Å². The van der Waals surface area contributed by atoms with E-state index in [0.29, 0.717) is 50.2 Å². The lowest BCUT2D eigenvalue weighted by molar-refractivity contribution is -0.692. The molecule has 3 saturated heterocycles. The monoisotopic (exact) mass is 535 g/mol. The fourth-order valence-corrected chi connectivity index (χ4v) is 7.61. The molecule has 3 amide bonds. The number of hydrogen-bond acceptors (Lipinski definition) is 5. The Bertz CT molecular complexity index is 1100. The van der Waals surface area contributed by atoms with E-state index in [0.717, 1.165) is 30.6 Å². The van der Waals surface area contributed by atoms with Crippen molar-refractivity contribution in [3.63, 3.8) is 0 Å². The van der Waals surface area contributed by atoms with Crippen molar-refractivity contribution < 1.29 is 22.9 Å². The quantitative estimate of drug-likeness (QED) is 0.516. The Balaban J connectivity index is 1.37. The third-order valence-electron chi connectivity index (χ3n) is 8.29. The van der Waals surface area contributed by atoms with Crippen LogP contribution < -0.4 is 10.6 Å². The molecule has 204 valence electrons. The minimum Gasteiger partial charge on any atom is -0.343 e. The number of nitrogens with zero attached hydrogens (tertiary/aromatic N) is 4. The van der Waals surface area contributed by atoms with Gasteiger partial charge in [0.25, 0.3) is 0 Å². The number of hydrogen-bond donors (Lipinski definition) is 2. The molecule has 4 rings (SSSR count). The number of piperidine rings is 2. The predicted octanol–water partition coefficient (Wildman–Crippen LogP) is 2.11. The fraction of sp³-hybridized carbons (Fsp3) is 0.680. The summed E-state index contributed by atoms with van der Waals surface area (Å²) in [7, 11) is -2.11. The Morgan fingerprint density at radius 3 is 2.24 bits per heavy atom. The molecule has 0 saturated carbocycles. The molecule has 0 aromatic heterocycles. The van der Waals surface area contributed by atoms with E-state index in [1.807, 2.05) is 23.8 Å². The Morgan fingerprint density at radius 1 is 1.03 bits per heavy atom. The van der Waals surface area contributed by atoms with E-state index in [2.05, 4.69) is 10.6 Å². The Kier molecular flexibility index (Phi) is 8.37. The lowest BCUT2D eigenvalue weighted by atomic mass is 9.75. The first-order valence-electron chi connectivity index (χ1n) is 13.3. The number of benzene rings is 1. The molecule has 0 spiro atoms. The molecule has 3 atom stereocenters. The summed E-state index contributed by atoms with van der Waals surface area (Å²) in [4.78, 5) is 40.1. The molecule has 0 bridgehead atoms. The number of carbonyl (C=O) groups is 2. The summed E-state index contributed by atoms with van der Waals surface area (Å²) in [6.07, 6.45) is 3.22. The molecular formula is C25H39N6O5S+. The lowest BCUT2D eigenvalue weighted by Gasteiger charge is -2.40. The molecule has 3 fully saturated rings. The first-order valence-corrected chi connectivity index (χ1v) is 14.7. The third-order valence-corrected chi connectivity index (χ3v) is 10.2. The van der Waals surface area contributed by atoms with Crippen LogP contribution in [0.25, 0.3) is 0 Å². The van der Waals surface area contributed by atoms with E-state index in [1.54, 1.807) is 16.4 Å². The number of sulfonamides is 1. The highest BCUT2D eigenvalue weighted by Gasteiger charge is 2.54. The smallest absolute Gasteiger partial charge is 0.318 e. The van der Waals surface area contributed by atoms with Gasteiger partial charge in [-0.3, -0.25) is 4.79 Å². The van der Waals surface area contributed by atoms with Crippen LogP contribution in [-0.2, 0) is 14.8 Å². The van der Waals surface area contributed by atoms with Gasteiger partial charge in [-0.15, -0.1) is 5.01 Å². The van der Waals surface area contributed by atoms with E-state index in [4.69, 9.17) is 0 Å². The Morgan fingerprint density at radius 2 is 1.65 bits per heavy atom. The van der Waals surface area contributed by atoms with Crippen LogP contribution in [0.3, 0.4) is 0 Å². The molecule has 37 heavy (non-hydrogen) atoms. The Hall–Kier alpha value is -2.73. The van der Waals surface area contributed by atoms with Crippen molar-refractivity contribution in [1.82, 2.24) is 19.5 Å². The van der Waals surface area contributed by atoms with Crippen LogP contribution in [0.2, 0.25) is 0 Å². The minimum absolute atomic E-state index is 0.0662. The first-order chi connectivity index (χ1) is 17.7. The van der Waals surface area contributed by atoms with Crippen LogP contribution in [-0.4, -0.2) is 91.8 Å². The zero-order valence-corrected chi connectivity index (χ0v) is 22.7. The highest BCUT2D eigenvalue weighted by Crippen LogP contribution is 2.40. The number of amides is 3. The standard InChI is InChI=1S/C25H38N6O5S/c1-4-28(5-2)24(32)22-17-31(34)30-15-12-19(16-23(22)30)18-10-13-29(14-11-18)37(35,36)21-8-6-20(7-9-21)27-25(33)26-3/h6-9,18-19,22-23H,4-5,10-17H2,1-3H3,(H-,26,27,33)/p+1. The minimum atomic E-state index is -3.63. The summed E-state index contributed by atoms with van der Waals surface area (Å²) in [6.45, 7) is 6.98. The molecule has 12 heteroatoms. The normalized spacial score (nSPS) is 25.0. The largest absolute Gasteiger partial charge is 0.343 e. The predicted molar refractivity (Wildman–Crippen MR) is 139 cm³/mol. The second-order valence-corrected chi connectivity index (χ2v) is 12.1. The number of fused-ring (bicyclic) bond motifs is 1. The number of rotatable bonds is 7. The maximum atomic E-state index is 13.2. The molecule has 0 aliphatic carbocycles. The number of carbonyl (C=O) groups excluding carboxylic acids is 2. The van der Waals surface area contributed by atoms with E-state index < -0.39 is 10.0 Å². The number of nitrogens with one attached hydrogen (secondary N) is 2. The molecule has 3 aliphatic heterocycles. The van der Waals surface area contributed by atoms with Crippen LogP contribution in [0.1, 0.15) is 39.5 Å². The molecule has 0 radical (unpaired) electrons. The van der Waals surface area contributed by atoms with Crippen molar-refractivity contribution in [2.24, 2.45) is 17.8 Å². The molecule has 1 aromatic carbocycles. The van der Waals surface area contributed by atoms with Crippen molar-refractivity contribution in [1.29, 1.82) is 0 Å².